The first kappa shape index (κ1) is 13.0. The Hall–Kier alpha value is -1.06. The van der Waals surface area contributed by atoms with Crippen LogP contribution >= 0.6 is 0 Å². The number of anilines is 1. The Morgan fingerprint density at radius 1 is 1.19 bits per heavy atom. The van der Waals surface area contributed by atoms with Gasteiger partial charge in [0, 0.05) is 26.3 Å². The number of hydrogen-bond donors (Lipinski definition) is 1. The maximum atomic E-state index is 6.01. The minimum atomic E-state index is -0.229. The number of methoxy groups -OCH3 is 2. The molecule has 16 heavy (non-hydrogen) atoms. The van der Waals surface area contributed by atoms with E-state index in [1.54, 1.807) is 14.2 Å². The van der Waals surface area contributed by atoms with E-state index in [1.807, 2.05) is 6.07 Å². The number of nitrogen functional groups attached to an aromatic ring is 1. The summed E-state index contributed by atoms with van der Waals surface area (Å²) in [7, 11) is 3.26. The molecule has 0 atom stereocenters. The highest BCUT2D eigenvalue weighted by molar-refractivity contribution is 5.50. The van der Waals surface area contributed by atoms with Gasteiger partial charge in [0.15, 0.2) is 6.29 Å². The minimum Gasteiger partial charge on any atom is -0.398 e. The van der Waals surface area contributed by atoms with Crippen LogP contribution in [0.2, 0.25) is 0 Å². The predicted molar refractivity (Wildman–Crippen MR) is 66.5 cm³/mol. The van der Waals surface area contributed by atoms with Crippen molar-refractivity contribution in [2.75, 3.05) is 20.0 Å². The highest BCUT2D eigenvalue weighted by Gasteiger charge is 2.10. The zero-order valence-electron chi connectivity index (χ0n) is 10.5. The third-order valence-corrected chi connectivity index (χ3v) is 2.75. The third kappa shape index (κ3) is 3.22. The lowest BCUT2D eigenvalue weighted by Gasteiger charge is -2.16. The van der Waals surface area contributed by atoms with E-state index in [0.29, 0.717) is 12.3 Å². The molecule has 2 N–H and O–H groups in total. The summed E-state index contributed by atoms with van der Waals surface area (Å²) in [6.45, 7) is 4.31. The van der Waals surface area contributed by atoms with E-state index in [-0.39, 0.29) is 6.29 Å². The average molecular weight is 223 g/mol. The van der Waals surface area contributed by atoms with E-state index < -0.39 is 0 Å². The van der Waals surface area contributed by atoms with Crippen molar-refractivity contribution in [3.8, 4) is 0 Å². The first-order chi connectivity index (χ1) is 7.58. The maximum Gasteiger partial charge on any atom is 0.160 e. The van der Waals surface area contributed by atoms with Gasteiger partial charge in [0.25, 0.3) is 0 Å². The molecule has 0 amide bonds. The molecule has 1 rings (SSSR count). The van der Waals surface area contributed by atoms with Crippen LogP contribution in [0.1, 0.15) is 30.9 Å². The molecule has 0 bridgehead atoms. The summed E-state index contributed by atoms with van der Waals surface area (Å²) in [5.74, 6) is 0.497. The van der Waals surface area contributed by atoms with Gasteiger partial charge < -0.3 is 15.2 Å². The van der Waals surface area contributed by atoms with Crippen LogP contribution in [0.5, 0.6) is 0 Å². The second kappa shape index (κ2) is 5.87. The molecule has 0 saturated heterocycles. The summed E-state index contributed by atoms with van der Waals surface area (Å²) in [5.41, 5.74) is 9.14. The van der Waals surface area contributed by atoms with Crippen LogP contribution < -0.4 is 5.73 Å². The lowest BCUT2D eigenvalue weighted by molar-refractivity contribution is -0.100. The van der Waals surface area contributed by atoms with E-state index in [1.165, 1.54) is 5.56 Å². The van der Waals surface area contributed by atoms with Crippen molar-refractivity contribution in [3.05, 3.63) is 29.3 Å². The monoisotopic (exact) mass is 223 g/mol. The average Bonchev–Trinajstić information content (AvgIpc) is 2.27. The van der Waals surface area contributed by atoms with Gasteiger partial charge in [-0.15, -0.1) is 0 Å². The molecule has 1 aromatic carbocycles. The molecule has 0 aliphatic rings. The summed E-state index contributed by atoms with van der Waals surface area (Å²) in [6.07, 6.45) is 0.448. The second-order valence-corrected chi connectivity index (χ2v) is 4.22. The van der Waals surface area contributed by atoms with Gasteiger partial charge in [-0.25, -0.2) is 0 Å². The first-order valence-electron chi connectivity index (χ1n) is 5.52. The normalized spacial score (nSPS) is 11.4. The van der Waals surface area contributed by atoms with Crippen LogP contribution in [0, 0.1) is 0 Å². The summed E-state index contributed by atoms with van der Waals surface area (Å²) >= 11 is 0. The van der Waals surface area contributed by atoms with Crippen LogP contribution in [-0.2, 0) is 15.9 Å². The van der Waals surface area contributed by atoms with Gasteiger partial charge in [-0.3, -0.25) is 0 Å². The largest absolute Gasteiger partial charge is 0.398 e. The van der Waals surface area contributed by atoms with E-state index in [2.05, 4.69) is 26.0 Å². The zero-order valence-corrected chi connectivity index (χ0v) is 10.5. The van der Waals surface area contributed by atoms with E-state index >= 15 is 0 Å². The second-order valence-electron chi connectivity index (χ2n) is 4.22. The quantitative estimate of drug-likeness (QED) is 0.616. The Kier molecular flexibility index (Phi) is 4.77. The fourth-order valence-electron chi connectivity index (χ4n) is 1.60. The predicted octanol–water partition coefficient (Wildman–Crippen LogP) is 2.55. The van der Waals surface area contributed by atoms with Gasteiger partial charge in [-0.1, -0.05) is 26.0 Å². The van der Waals surface area contributed by atoms with Crippen LogP contribution in [0.4, 0.5) is 5.69 Å². The Bertz CT molecular complexity index is 333. The molecule has 0 fully saturated rings. The topological polar surface area (TPSA) is 44.5 Å². The molecule has 3 nitrogen and oxygen atoms in total. The smallest absolute Gasteiger partial charge is 0.160 e. The van der Waals surface area contributed by atoms with Crippen molar-refractivity contribution in [2.24, 2.45) is 0 Å². The van der Waals surface area contributed by atoms with Gasteiger partial charge in [0.2, 0.25) is 0 Å². The molecule has 0 aromatic heterocycles. The molecule has 1 aromatic rings. The molecule has 90 valence electrons. The molecule has 3 heteroatoms. The number of benzene rings is 1. The van der Waals surface area contributed by atoms with E-state index in [4.69, 9.17) is 15.2 Å². The van der Waals surface area contributed by atoms with E-state index in [9.17, 15) is 0 Å². The van der Waals surface area contributed by atoms with Crippen molar-refractivity contribution in [2.45, 2.75) is 32.5 Å². The molecule has 0 unspecified atom stereocenters. The zero-order chi connectivity index (χ0) is 12.1. The molecule has 0 aliphatic carbocycles. The fourth-order valence-corrected chi connectivity index (χ4v) is 1.60. The third-order valence-electron chi connectivity index (χ3n) is 2.75. The number of rotatable bonds is 5. The summed E-state index contributed by atoms with van der Waals surface area (Å²) in [4.78, 5) is 0. The first-order valence-corrected chi connectivity index (χ1v) is 5.52. The van der Waals surface area contributed by atoms with Crippen LogP contribution in [0.15, 0.2) is 18.2 Å². The van der Waals surface area contributed by atoms with Crippen LogP contribution in [-0.4, -0.2) is 20.5 Å². The molecule has 0 spiro atoms. The molecule has 0 heterocycles. The Labute approximate surface area is 97.6 Å². The highest BCUT2D eigenvalue weighted by Crippen LogP contribution is 2.22. The Morgan fingerprint density at radius 2 is 1.81 bits per heavy atom. The number of hydrogen-bond acceptors (Lipinski definition) is 3. The molecular formula is C13H21NO2. The summed E-state index contributed by atoms with van der Waals surface area (Å²) in [6, 6.07) is 6.19. The lowest BCUT2D eigenvalue weighted by atomic mass is 9.99. The SMILES string of the molecule is COC(Cc1ccc(C(C)C)cc1N)OC. The molecule has 0 radical (unpaired) electrons. The Morgan fingerprint density at radius 3 is 2.25 bits per heavy atom. The molecule has 0 aliphatic heterocycles. The number of ether oxygens (including phenoxy) is 2. The molecular weight excluding hydrogens is 202 g/mol. The standard InChI is InChI=1S/C13H21NO2/c1-9(2)10-5-6-11(12(14)7-10)8-13(15-3)16-4/h5-7,9,13H,8,14H2,1-4H3. The van der Waals surface area contributed by atoms with Gasteiger partial charge >= 0.3 is 0 Å². The van der Waals surface area contributed by atoms with Gasteiger partial charge in [0.05, 0.1) is 0 Å². The minimum absolute atomic E-state index is 0.229. The van der Waals surface area contributed by atoms with Crippen LogP contribution in [0.3, 0.4) is 0 Å². The highest BCUT2D eigenvalue weighted by atomic mass is 16.7. The molecule has 0 saturated carbocycles. The Balaban J connectivity index is 2.82. The summed E-state index contributed by atoms with van der Waals surface area (Å²) < 4.78 is 10.3. The van der Waals surface area contributed by atoms with Crippen molar-refractivity contribution >= 4 is 5.69 Å². The fraction of sp³-hybridized carbons (Fsp3) is 0.538. The van der Waals surface area contributed by atoms with Gasteiger partial charge in [0.1, 0.15) is 0 Å². The summed E-state index contributed by atoms with van der Waals surface area (Å²) in [5, 5.41) is 0. The van der Waals surface area contributed by atoms with E-state index in [0.717, 1.165) is 11.3 Å². The number of nitrogens with two attached hydrogens (primary N) is 1. The van der Waals surface area contributed by atoms with Crippen molar-refractivity contribution in [1.29, 1.82) is 0 Å². The van der Waals surface area contributed by atoms with Gasteiger partial charge in [-0.2, -0.15) is 0 Å². The van der Waals surface area contributed by atoms with Crippen molar-refractivity contribution < 1.29 is 9.47 Å². The van der Waals surface area contributed by atoms with Crippen LogP contribution in [0.25, 0.3) is 0 Å². The van der Waals surface area contributed by atoms with Crippen molar-refractivity contribution in [1.82, 2.24) is 0 Å². The van der Waals surface area contributed by atoms with Crippen molar-refractivity contribution in [3.63, 3.8) is 0 Å². The maximum absolute atomic E-state index is 6.01. The van der Waals surface area contributed by atoms with Gasteiger partial charge in [-0.05, 0) is 23.1 Å². The lowest BCUT2D eigenvalue weighted by Crippen LogP contribution is -2.17.